The average molecular weight is 216 g/mol. The lowest BCUT2D eigenvalue weighted by atomic mass is 9.95. The molecule has 0 unspecified atom stereocenters. The number of rotatable bonds is 4. The van der Waals surface area contributed by atoms with Gasteiger partial charge in [-0.25, -0.2) is 4.98 Å². The van der Waals surface area contributed by atoms with E-state index >= 15 is 0 Å². The summed E-state index contributed by atoms with van der Waals surface area (Å²) in [5, 5.41) is 0. The lowest BCUT2D eigenvalue weighted by Crippen LogP contribution is -2.01. The fourth-order valence-electron chi connectivity index (χ4n) is 2.05. The Hall–Kier alpha value is -1.57. The first-order valence-electron chi connectivity index (χ1n) is 6.34. The van der Waals surface area contributed by atoms with E-state index in [1.165, 1.54) is 11.1 Å². The minimum atomic E-state index is 0.645. The van der Waals surface area contributed by atoms with E-state index in [2.05, 4.69) is 29.9 Å². The van der Waals surface area contributed by atoms with Crippen molar-refractivity contribution in [1.82, 2.24) is 9.97 Å². The van der Waals surface area contributed by atoms with Crippen molar-refractivity contribution >= 4 is 0 Å². The fraction of sp³-hybridized carbons (Fsp3) is 0.357. The molecule has 0 fully saturated rings. The second-order valence-electron chi connectivity index (χ2n) is 3.88. The third-order valence-electron chi connectivity index (χ3n) is 2.93. The largest absolute Gasteiger partial charge is 0.348 e. The average Bonchev–Trinajstić information content (AvgIpc) is 2.83. The summed E-state index contributed by atoms with van der Waals surface area (Å²) in [6.45, 7) is 4.27. The van der Waals surface area contributed by atoms with Crippen LogP contribution in [0.4, 0.5) is 0 Å². The predicted octanol–water partition coefficient (Wildman–Crippen LogP) is 3.13. The molecule has 0 aliphatic rings. The molecule has 0 amide bonds. The molecule has 2 nitrogen and oxygen atoms in total. The molecule has 0 bridgehead atoms. The van der Waals surface area contributed by atoms with Gasteiger partial charge in [-0.05, 0) is 29.5 Å². The summed E-state index contributed by atoms with van der Waals surface area (Å²) in [4.78, 5) is 7.41. The molecule has 0 spiro atoms. The van der Waals surface area contributed by atoms with Gasteiger partial charge in [-0.2, -0.15) is 0 Å². The normalized spacial score (nSPS) is 11.5. The Kier molecular flexibility index (Phi) is 3.00. The number of aromatic amines is 1. The summed E-state index contributed by atoms with van der Waals surface area (Å²) in [6.07, 6.45) is 6.33. The Balaban J connectivity index is 2.45. The van der Waals surface area contributed by atoms with E-state index in [0.717, 1.165) is 30.7 Å². The molecule has 1 heterocycles. The summed E-state index contributed by atoms with van der Waals surface area (Å²) in [6, 6.07) is 4.62. The number of hydrogen-bond acceptors (Lipinski definition) is 1. The highest BCUT2D eigenvalue weighted by Crippen LogP contribution is 2.19. The van der Waals surface area contributed by atoms with Crippen molar-refractivity contribution in [3.05, 3.63) is 53.1 Å². The maximum atomic E-state index is 7.98. The van der Waals surface area contributed by atoms with E-state index in [-0.39, 0.29) is 0 Å². The molecule has 16 heavy (non-hydrogen) atoms. The molecule has 0 radical (unpaired) electrons. The van der Waals surface area contributed by atoms with Crippen molar-refractivity contribution in [2.45, 2.75) is 33.1 Å². The van der Waals surface area contributed by atoms with Gasteiger partial charge in [-0.15, -0.1) is 0 Å². The number of H-pyrrole nitrogens is 1. The molecule has 0 saturated heterocycles. The van der Waals surface area contributed by atoms with Crippen LogP contribution in [0.15, 0.2) is 30.6 Å². The van der Waals surface area contributed by atoms with E-state index in [1.54, 1.807) is 6.20 Å². The van der Waals surface area contributed by atoms with E-state index in [1.807, 2.05) is 12.3 Å². The molecule has 1 N–H and O–H groups in total. The molecule has 0 atom stereocenters. The number of hydrogen-bond donors (Lipinski definition) is 1. The lowest BCUT2D eigenvalue weighted by Gasteiger charge is -2.11. The summed E-state index contributed by atoms with van der Waals surface area (Å²) < 4.78 is 7.98. The zero-order chi connectivity index (χ0) is 12.3. The highest BCUT2D eigenvalue weighted by Gasteiger charge is 2.07. The molecule has 0 aliphatic heterocycles. The maximum absolute atomic E-state index is 7.98. The Bertz CT molecular complexity index is 489. The van der Waals surface area contributed by atoms with Gasteiger partial charge < -0.3 is 4.98 Å². The van der Waals surface area contributed by atoms with Gasteiger partial charge in [0.15, 0.2) is 0 Å². The highest BCUT2D eigenvalue weighted by atomic mass is 14.9. The quantitative estimate of drug-likeness (QED) is 0.835. The van der Waals surface area contributed by atoms with Crippen LogP contribution in [0.5, 0.6) is 0 Å². The second-order valence-corrected chi connectivity index (χ2v) is 3.88. The number of nitrogens with one attached hydrogen (secondary N) is 1. The number of nitrogens with zero attached hydrogens (tertiary/aromatic N) is 1. The van der Waals surface area contributed by atoms with E-state index in [9.17, 15) is 0 Å². The summed E-state index contributed by atoms with van der Waals surface area (Å²) in [5.41, 5.74) is 3.76. The molecule has 2 aromatic rings. The first-order chi connectivity index (χ1) is 8.26. The van der Waals surface area contributed by atoms with Crippen LogP contribution in [0, 0.1) is 0 Å². The van der Waals surface area contributed by atoms with Crippen molar-refractivity contribution in [3.63, 3.8) is 0 Å². The second kappa shape index (κ2) is 4.97. The van der Waals surface area contributed by atoms with Crippen molar-refractivity contribution in [2.75, 3.05) is 0 Å². The van der Waals surface area contributed by atoms with Crippen LogP contribution in [0.1, 0.15) is 37.7 Å². The Morgan fingerprint density at radius 1 is 1.31 bits per heavy atom. The van der Waals surface area contributed by atoms with Gasteiger partial charge in [0.1, 0.15) is 5.82 Å². The zero-order valence-corrected chi connectivity index (χ0v) is 9.88. The minimum absolute atomic E-state index is 0.645. The monoisotopic (exact) mass is 216 g/mol. The van der Waals surface area contributed by atoms with Crippen molar-refractivity contribution in [1.29, 1.82) is 0 Å². The van der Waals surface area contributed by atoms with Crippen LogP contribution >= 0.6 is 0 Å². The van der Waals surface area contributed by atoms with Crippen molar-refractivity contribution < 1.29 is 1.37 Å². The molecule has 2 rings (SSSR count). The van der Waals surface area contributed by atoms with Gasteiger partial charge in [0, 0.05) is 18.8 Å². The smallest absolute Gasteiger partial charge is 0.110 e. The third kappa shape index (κ3) is 2.16. The zero-order valence-electron chi connectivity index (χ0n) is 10.9. The number of aromatic nitrogens is 2. The van der Waals surface area contributed by atoms with Crippen LogP contribution in [0.2, 0.25) is 0 Å². The topological polar surface area (TPSA) is 28.7 Å². The molecular formula is C14H18N2. The standard InChI is InChI=1S/C14H18N2/c1-3-11-6-5-7-12(4-2)13(11)10-14-15-8-9-16-14/h5-9H,3-4,10H2,1-2H3,(H,15,16)/i6T. The van der Waals surface area contributed by atoms with Gasteiger partial charge in [-0.1, -0.05) is 32.0 Å². The molecule has 2 heteroatoms. The van der Waals surface area contributed by atoms with Crippen molar-refractivity contribution in [2.24, 2.45) is 0 Å². The van der Waals surface area contributed by atoms with Gasteiger partial charge in [0.25, 0.3) is 0 Å². The van der Waals surface area contributed by atoms with E-state index in [0.29, 0.717) is 6.04 Å². The van der Waals surface area contributed by atoms with E-state index < -0.39 is 0 Å². The molecule has 0 aliphatic carbocycles. The summed E-state index contributed by atoms with van der Waals surface area (Å²) >= 11 is 0. The first-order valence-corrected chi connectivity index (χ1v) is 5.84. The molecule has 84 valence electrons. The predicted molar refractivity (Wildman–Crippen MR) is 66.6 cm³/mol. The number of aryl methyl sites for hydroxylation is 1. The SMILES string of the molecule is [3H]c1ccc(CC)c(Cc2ncc[nH]2)c1CC. The highest BCUT2D eigenvalue weighted by molar-refractivity contribution is 5.37. The van der Waals surface area contributed by atoms with Gasteiger partial charge in [0.2, 0.25) is 0 Å². The van der Waals surface area contributed by atoms with Crippen LogP contribution < -0.4 is 0 Å². The fourth-order valence-corrected chi connectivity index (χ4v) is 2.05. The molecule has 0 saturated carbocycles. The Morgan fingerprint density at radius 3 is 2.75 bits per heavy atom. The molecule has 1 aromatic heterocycles. The molecule has 1 aromatic carbocycles. The third-order valence-corrected chi connectivity index (χ3v) is 2.93. The minimum Gasteiger partial charge on any atom is -0.348 e. The summed E-state index contributed by atoms with van der Waals surface area (Å²) in [7, 11) is 0. The Morgan fingerprint density at radius 2 is 2.12 bits per heavy atom. The Labute approximate surface area is 98.1 Å². The van der Waals surface area contributed by atoms with Gasteiger partial charge >= 0.3 is 0 Å². The van der Waals surface area contributed by atoms with Crippen LogP contribution in [-0.2, 0) is 19.3 Å². The maximum Gasteiger partial charge on any atom is 0.110 e. The number of imidazole rings is 1. The number of benzene rings is 1. The van der Waals surface area contributed by atoms with Gasteiger partial charge in [0.05, 0.1) is 1.37 Å². The van der Waals surface area contributed by atoms with Crippen molar-refractivity contribution in [3.8, 4) is 0 Å². The lowest BCUT2D eigenvalue weighted by molar-refractivity contribution is 0.952. The van der Waals surface area contributed by atoms with Gasteiger partial charge in [-0.3, -0.25) is 0 Å². The van der Waals surface area contributed by atoms with Crippen LogP contribution in [0.25, 0.3) is 0 Å². The van der Waals surface area contributed by atoms with Crippen LogP contribution in [-0.4, -0.2) is 9.97 Å². The van der Waals surface area contributed by atoms with E-state index in [4.69, 9.17) is 1.37 Å². The first kappa shape index (κ1) is 9.64. The molecular weight excluding hydrogens is 196 g/mol. The summed E-state index contributed by atoms with van der Waals surface area (Å²) in [5.74, 6) is 0.972. The van der Waals surface area contributed by atoms with Crippen LogP contribution in [0.3, 0.4) is 0 Å².